The quantitative estimate of drug-likeness (QED) is 0.176. The summed E-state index contributed by atoms with van der Waals surface area (Å²) >= 11 is 2.46. The van der Waals surface area contributed by atoms with Crippen molar-refractivity contribution >= 4 is 30.9 Å². The summed E-state index contributed by atoms with van der Waals surface area (Å²) in [6, 6.07) is 2.60. The van der Waals surface area contributed by atoms with E-state index in [1.54, 1.807) is 0 Å². The Bertz CT molecular complexity index is 1420. The average molecular weight is 759 g/mol. The van der Waals surface area contributed by atoms with Crippen LogP contribution in [-0.4, -0.2) is 48.6 Å². The van der Waals surface area contributed by atoms with Gasteiger partial charge in [-0.1, -0.05) is 63.3 Å². The highest BCUT2D eigenvalue weighted by Gasteiger charge is 2.57. The number of fused-ring (bicyclic) bond motifs is 4. The largest absolute Gasteiger partial charge is 0.433 e. The predicted octanol–water partition coefficient (Wildman–Crippen LogP) is 8.96. The van der Waals surface area contributed by atoms with Gasteiger partial charge in [0.15, 0.2) is 8.32 Å². The minimum Gasteiger partial charge on any atom is -0.410 e. The van der Waals surface area contributed by atoms with E-state index in [9.17, 15) is 13.2 Å². The standard InChI is InChI=1S/C34H46F3IN2O4Si/c1-31(2,3)45(6,7)44-23-17-32(4,5)16-22-26(23)28-27(29(40-22)20-10-13-41-14-11-20)30(43-33(28)12-15-42-19-24(33)38)21-8-9-25(39-18-21)34(35,36)37/h8-9,18,20,23-24,30H,10-17,19H2,1-7H3/t23-,24?,30+,33?/m0/s1. The lowest BCUT2D eigenvalue weighted by molar-refractivity contribution is -0.141. The maximum Gasteiger partial charge on any atom is 0.433 e. The third-order valence-electron chi connectivity index (χ3n) is 10.7. The summed E-state index contributed by atoms with van der Waals surface area (Å²) in [5.41, 5.74) is 4.40. The lowest BCUT2D eigenvalue weighted by Crippen LogP contribution is -2.47. The van der Waals surface area contributed by atoms with E-state index in [2.05, 4.69) is 75.3 Å². The van der Waals surface area contributed by atoms with E-state index in [1.807, 2.05) is 0 Å². The highest BCUT2D eigenvalue weighted by atomic mass is 127. The van der Waals surface area contributed by atoms with E-state index in [0.717, 1.165) is 59.8 Å². The summed E-state index contributed by atoms with van der Waals surface area (Å²) in [6.07, 6.45) is 0.0968. The molecule has 11 heteroatoms. The number of nitrogens with zero attached hydrogens (tertiary/aromatic N) is 2. The molecule has 5 heterocycles. The van der Waals surface area contributed by atoms with Gasteiger partial charge >= 0.3 is 6.18 Å². The van der Waals surface area contributed by atoms with Gasteiger partial charge in [0.2, 0.25) is 0 Å². The summed E-state index contributed by atoms with van der Waals surface area (Å²) in [7, 11) is -2.21. The van der Waals surface area contributed by atoms with Gasteiger partial charge in [0.05, 0.1) is 22.3 Å². The molecule has 248 valence electrons. The topological polar surface area (TPSA) is 62.7 Å². The first kappa shape index (κ1) is 33.8. The number of aromatic nitrogens is 2. The number of hydrogen-bond acceptors (Lipinski definition) is 6. The van der Waals surface area contributed by atoms with Crippen LogP contribution in [0.4, 0.5) is 13.2 Å². The molecule has 0 aromatic carbocycles. The lowest BCUT2D eigenvalue weighted by Gasteiger charge is -2.47. The van der Waals surface area contributed by atoms with Gasteiger partial charge in [-0.05, 0) is 55.3 Å². The Morgan fingerprint density at radius 2 is 1.73 bits per heavy atom. The summed E-state index contributed by atoms with van der Waals surface area (Å²) < 4.78 is 67.0. The maximum atomic E-state index is 13.6. The van der Waals surface area contributed by atoms with Crippen LogP contribution in [0.15, 0.2) is 18.3 Å². The second-order valence-corrected chi connectivity index (χ2v) is 21.9. The van der Waals surface area contributed by atoms with E-state index in [1.165, 1.54) is 12.3 Å². The first-order valence-corrected chi connectivity index (χ1v) is 20.3. The smallest absolute Gasteiger partial charge is 0.410 e. The molecule has 1 spiro atoms. The van der Waals surface area contributed by atoms with Crippen molar-refractivity contribution in [3.63, 3.8) is 0 Å². The Morgan fingerprint density at radius 3 is 2.33 bits per heavy atom. The maximum absolute atomic E-state index is 13.6. The van der Waals surface area contributed by atoms with Crippen LogP contribution in [-0.2, 0) is 36.8 Å². The van der Waals surface area contributed by atoms with Crippen LogP contribution in [0, 0.1) is 5.41 Å². The number of rotatable bonds is 4. The molecule has 2 saturated heterocycles. The first-order valence-electron chi connectivity index (χ1n) is 16.2. The van der Waals surface area contributed by atoms with E-state index < -0.39 is 31.9 Å². The Morgan fingerprint density at radius 1 is 1.02 bits per heavy atom. The minimum absolute atomic E-state index is 0.00694. The fourth-order valence-electron chi connectivity index (χ4n) is 7.34. The van der Waals surface area contributed by atoms with Crippen molar-refractivity contribution < 1.29 is 31.8 Å². The number of hydrogen-bond donors (Lipinski definition) is 0. The highest BCUT2D eigenvalue weighted by molar-refractivity contribution is 14.1. The molecule has 6 nitrogen and oxygen atoms in total. The number of halogens is 4. The van der Waals surface area contributed by atoms with Gasteiger partial charge in [-0.25, -0.2) is 0 Å². The van der Waals surface area contributed by atoms with Gasteiger partial charge in [0.1, 0.15) is 17.4 Å². The molecular formula is C34H46F3IN2O4Si. The molecule has 45 heavy (non-hydrogen) atoms. The van der Waals surface area contributed by atoms with Crippen molar-refractivity contribution in [3.8, 4) is 0 Å². The third-order valence-corrected chi connectivity index (χ3v) is 16.6. The van der Waals surface area contributed by atoms with Crippen LogP contribution >= 0.6 is 22.6 Å². The van der Waals surface area contributed by atoms with Gasteiger partial charge in [-0.2, -0.15) is 13.2 Å². The highest BCUT2D eigenvalue weighted by Crippen LogP contribution is 2.60. The summed E-state index contributed by atoms with van der Waals surface area (Å²) in [6.45, 7) is 18.4. The predicted molar refractivity (Wildman–Crippen MR) is 177 cm³/mol. The van der Waals surface area contributed by atoms with Crippen molar-refractivity contribution in [1.82, 2.24) is 9.97 Å². The molecule has 2 fully saturated rings. The van der Waals surface area contributed by atoms with Crippen molar-refractivity contribution in [2.24, 2.45) is 5.41 Å². The zero-order valence-electron chi connectivity index (χ0n) is 27.4. The van der Waals surface area contributed by atoms with E-state index in [0.29, 0.717) is 38.4 Å². The van der Waals surface area contributed by atoms with Crippen molar-refractivity contribution in [2.75, 3.05) is 26.4 Å². The number of alkyl halides is 4. The van der Waals surface area contributed by atoms with Crippen LogP contribution in [0.25, 0.3) is 0 Å². The van der Waals surface area contributed by atoms with E-state index in [-0.39, 0.29) is 26.4 Å². The Labute approximate surface area is 279 Å². The fourth-order valence-corrected chi connectivity index (χ4v) is 9.63. The van der Waals surface area contributed by atoms with Crippen LogP contribution in [0.2, 0.25) is 18.1 Å². The van der Waals surface area contributed by atoms with E-state index in [4.69, 9.17) is 23.6 Å². The van der Waals surface area contributed by atoms with Crippen LogP contribution in [0.5, 0.6) is 0 Å². The SMILES string of the molecule is CC1(C)Cc2nc(C3CCOCC3)c3c(c2[C@@H](O[Si](C)(C)C(C)(C)C)C1)C1(CCOCC1I)O[C@@H]3c1ccc(C(F)(F)F)nc1. The number of pyridine rings is 2. The second kappa shape index (κ2) is 11.8. The molecule has 0 radical (unpaired) electrons. The van der Waals surface area contributed by atoms with Crippen molar-refractivity contribution in [2.45, 2.75) is 119 Å². The van der Waals surface area contributed by atoms with E-state index >= 15 is 0 Å². The van der Waals surface area contributed by atoms with Gasteiger partial charge in [-0.3, -0.25) is 9.97 Å². The van der Waals surface area contributed by atoms with Gasteiger partial charge in [0, 0.05) is 66.3 Å². The molecule has 2 unspecified atom stereocenters. The normalized spacial score (nSPS) is 29.1. The Kier molecular flexibility index (Phi) is 8.84. The third kappa shape index (κ3) is 6.16. The minimum atomic E-state index is -4.52. The second-order valence-electron chi connectivity index (χ2n) is 15.6. The monoisotopic (exact) mass is 758 g/mol. The zero-order valence-corrected chi connectivity index (χ0v) is 30.6. The molecule has 6 rings (SSSR count). The zero-order chi connectivity index (χ0) is 32.6. The Balaban J connectivity index is 1.63. The van der Waals surface area contributed by atoms with Crippen molar-refractivity contribution in [1.29, 1.82) is 0 Å². The molecule has 4 aliphatic rings. The molecule has 4 atom stereocenters. The fraction of sp³-hybridized carbons (Fsp3) is 0.706. The Hall–Kier alpha value is -1.12. The summed E-state index contributed by atoms with van der Waals surface area (Å²) in [5, 5.41) is 0.0144. The molecule has 0 bridgehead atoms. The van der Waals surface area contributed by atoms with Gasteiger partial charge in [0.25, 0.3) is 0 Å². The molecule has 3 aliphatic heterocycles. The first-order chi connectivity index (χ1) is 20.9. The van der Waals surface area contributed by atoms with Gasteiger partial charge < -0.3 is 18.6 Å². The average Bonchev–Trinajstić information content (AvgIpc) is 3.28. The van der Waals surface area contributed by atoms with Crippen LogP contribution in [0.1, 0.15) is 118 Å². The molecule has 0 N–H and O–H groups in total. The van der Waals surface area contributed by atoms with Crippen LogP contribution < -0.4 is 0 Å². The van der Waals surface area contributed by atoms with Crippen molar-refractivity contribution in [3.05, 3.63) is 57.7 Å². The molecule has 2 aromatic rings. The summed E-state index contributed by atoms with van der Waals surface area (Å²) in [5.74, 6) is 0.166. The lowest BCUT2D eigenvalue weighted by atomic mass is 9.69. The van der Waals surface area contributed by atoms with Gasteiger partial charge in [-0.15, -0.1) is 0 Å². The number of ether oxygens (including phenoxy) is 3. The molecule has 0 saturated carbocycles. The molecule has 2 aromatic heterocycles. The molecule has 1 aliphatic carbocycles. The molecule has 0 amide bonds. The summed E-state index contributed by atoms with van der Waals surface area (Å²) in [4.78, 5) is 9.42. The molecular weight excluding hydrogens is 712 g/mol. The van der Waals surface area contributed by atoms with Crippen LogP contribution in [0.3, 0.4) is 0 Å².